The smallest absolute Gasteiger partial charge is 0.343 e. The minimum Gasteiger partial charge on any atom is -0.494 e. The highest BCUT2D eigenvalue weighted by Crippen LogP contribution is 2.26. The molecule has 0 spiro atoms. The topological polar surface area (TPSA) is 71.1 Å². The van der Waals surface area contributed by atoms with Gasteiger partial charge in [-0.1, -0.05) is 103 Å². The number of rotatable bonds is 21. The molecule has 0 aliphatic carbocycles. The molecule has 0 amide bonds. The van der Waals surface area contributed by atoms with Crippen molar-refractivity contribution >= 4 is 11.9 Å². The second kappa shape index (κ2) is 20.4. The fraction of sp³-hybridized carbons (Fsp3) is 0.487. The van der Waals surface area contributed by atoms with E-state index in [-0.39, 0.29) is 0 Å². The third-order valence-corrected chi connectivity index (χ3v) is 7.84. The first-order valence-electron chi connectivity index (χ1n) is 16.9. The van der Waals surface area contributed by atoms with E-state index < -0.39 is 18.0 Å². The van der Waals surface area contributed by atoms with Crippen molar-refractivity contribution in [2.45, 2.75) is 104 Å². The summed E-state index contributed by atoms with van der Waals surface area (Å²) >= 11 is 0. The molecular weight excluding hydrogens is 564 g/mol. The Morgan fingerprint density at radius 2 is 1.11 bits per heavy atom. The predicted molar refractivity (Wildman–Crippen MR) is 181 cm³/mol. The summed E-state index contributed by atoms with van der Waals surface area (Å²) in [7, 11) is 0. The summed E-state index contributed by atoms with van der Waals surface area (Å²) < 4.78 is 22.7. The van der Waals surface area contributed by atoms with Crippen LogP contribution >= 0.6 is 0 Å². The first-order chi connectivity index (χ1) is 21.9. The van der Waals surface area contributed by atoms with Gasteiger partial charge in [0.15, 0.2) is 6.10 Å². The molecule has 3 aromatic rings. The van der Waals surface area contributed by atoms with Gasteiger partial charge in [-0.25, -0.2) is 9.59 Å². The molecular formula is C39H52O6. The van der Waals surface area contributed by atoms with Crippen molar-refractivity contribution in [2.24, 2.45) is 5.92 Å². The highest BCUT2D eigenvalue weighted by Gasteiger charge is 2.17. The molecule has 0 heterocycles. The second-order valence-corrected chi connectivity index (χ2v) is 11.9. The van der Waals surface area contributed by atoms with E-state index in [1.54, 1.807) is 43.3 Å². The van der Waals surface area contributed by atoms with Crippen molar-refractivity contribution in [3.63, 3.8) is 0 Å². The minimum atomic E-state index is -0.625. The summed E-state index contributed by atoms with van der Waals surface area (Å²) in [6, 6.07) is 21.7. The van der Waals surface area contributed by atoms with Gasteiger partial charge in [-0.05, 0) is 85.3 Å². The summed E-state index contributed by atoms with van der Waals surface area (Å²) in [5.41, 5.74) is 2.36. The molecule has 0 N–H and O–H groups in total. The number of unbranched alkanes of at least 4 members (excludes halogenated alkanes) is 8. The molecule has 3 aromatic carbocycles. The van der Waals surface area contributed by atoms with Crippen molar-refractivity contribution in [2.75, 3.05) is 13.2 Å². The highest BCUT2D eigenvalue weighted by atomic mass is 16.6. The molecule has 2 atom stereocenters. The van der Waals surface area contributed by atoms with E-state index in [1.165, 1.54) is 44.9 Å². The van der Waals surface area contributed by atoms with Crippen molar-refractivity contribution in [3.05, 3.63) is 78.4 Å². The zero-order chi connectivity index (χ0) is 32.3. The average Bonchev–Trinajstić information content (AvgIpc) is 3.06. The lowest BCUT2D eigenvalue weighted by atomic mass is 10.1. The van der Waals surface area contributed by atoms with Gasteiger partial charge in [-0.2, -0.15) is 0 Å². The molecule has 0 bridgehead atoms. The van der Waals surface area contributed by atoms with Gasteiger partial charge in [0.05, 0.1) is 18.8 Å². The molecule has 45 heavy (non-hydrogen) atoms. The minimum absolute atomic E-state index is 0.405. The fourth-order valence-corrected chi connectivity index (χ4v) is 4.92. The number of benzene rings is 3. The highest BCUT2D eigenvalue weighted by molar-refractivity contribution is 5.91. The fourth-order valence-electron chi connectivity index (χ4n) is 4.92. The van der Waals surface area contributed by atoms with E-state index >= 15 is 0 Å². The number of hydrogen-bond acceptors (Lipinski definition) is 6. The lowest BCUT2D eigenvalue weighted by Crippen LogP contribution is -2.27. The van der Waals surface area contributed by atoms with Crippen LogP contribution in [0.2, 0.25) is 0 Å². The van der Waals surface area contributed by atoms with Crippen LogP contribution in [0.4, 0.5) is 0 Å². The summed E-state index contributed by atoms with van der Waals surface area (Å²) in [6.45, 7) is 9.50. The maximum atomic E-state index is 12.7. The average molecular weight is 617 g/mol. The molecule has 0 saturated heterocycles. The number of ether oxygens (including phenoxy) is 4. The maximum absolute atomic E-state index is 12.7. The number of esters is 2. The normalized spacial score (nSPS) is 12.4. The van der Waals surface area contributed by atoms with Gasteiger partial charge in [-0.15, -0.1) is 0 Å². The van der Waals surface area contributed by atoms with Gasteiger partial charge < -0.3 is 18.9 Å². The zero-order valence-electron chi connectivity index (χ0n) is 27.7. The van der Waals surface area contributed by atoms with Crippen molar-refractivity contribution in [3.8, 4) is 28.4 Å². The molecule has 0 saturated carbocycles. The van der Waals surface area contributed by atoms with Crippen LogP contribution < -0.4 is 14.2 Å². The molecule has 6 heteroatoms. The second-order valence-electron chi connectivity index (χ2n) is 11.9. The molecule has 0 aliphatic rings. The third kappa shape index (κ3) is 13.5. The number of carbonyl (C=O) groups is 2. The van der Waals surface area contributed by atoms with Crippen LogP contribution in [0.1, 0.15) is 109 Å². The Hall–Kier alpha value is -3.64. The quantitative estimate of drug-likeness (QED) is 0.0674. The Morgan fingerprint density at radius 3 is 1.69 bits per heavy atom. The van der Waals surface area contributed by atoms with Crippen LogP contribution in [0.3, 0.4) is 0 Å². The van der Waals surface area contributed by atoms with Crippen LogP contribution in [0.5, 0.6) is 17.2 Å². The Bertz CT molecular complexity index is 1250. The van der Waals surface area contributed by atoms with E-state index in [4.69, 9.17) is 18.9 Å². The molecule has 0 aromatic heterocycles. The SMILES string of the molecule is CCCCCCCCCCOc1ccc(C(=O)Oc2ccc(-c3ccc(OC(=O)[C@H](C)OC[C@@H](C)CCCC)cc3)cc2)cc1. The van der Waals surface area contributed by atoms with E-state index in [2.05, 4.69) is 20.8 Å². The maximum Gasteiger partial charge on any atom is 0.343 e. The Morgan fingerprint density at radius 1 is 0.600 bits per heavy atom. The van der Waals surface area contributed by atoms with Crippen molar-refractivity contribution in [1.82, 2.24) is 0 Å². The van der Waals surface area contributed by atoms with Gasteiger partial charge in [0.2, 0.25) is 0 Å². The van der Waals surface area contributed by atoms with Crippen LogP contribution in [0, 0.1) is 5.92 Å². The van der Waals surface area contributed by atoms with Gasteiger partial charge in [-0.3, -0.25) is 0 Å². The molecule has 0 unspecified atom stereocenters. The van der Waals surface area contributed by atoms with Gasteiger partial charge in [0.1, 0.15) is 17.2 Å². The molecule has 3 rings (SSSR count). The number of carbonyl (C=O) groups excluding carboxylic acids is 2. The van der Waals surface area contributed by atoms with E-state index in [0.717, 1.165) is 42.6 Å². The van der Waals surface area contributed by atoms with Crippen LogP contribution in [-0.4, -0.2) is 31.3 Å². The third-order valence-electron chi connectivity index (χ3n) is 7.84. The van der Waals surface area contributed by atoms with Crippen LogP contribution in [0.25, 0.3) is 11.1 Å². The lowest BCUT2D eigenvalue weighted by Gasteiger charge is -2.16. The van der Waals surface area contributed by atoms with E-state index in [9.17, 15) is 9.59 Å². The predicted octanol–water partition coefficient (Wildman–Crippen LogP) is 10.2. The monoisotopic (exact) mass is 616 g/mol. The van der Waals surface area contributed by atoms with Gasteiger partial charge in [0.25, 0.3) is 0 Å². The first-order valence-corrected chi connectivity index (χ1v) is 16.9. The Kier molecular flexibility index (Phi) is 16.2. The molecule has 0 radical (unpaired) electrons. The number of hydrogen-bond donors (Lipinski definition) is 0. The zero-order valence-corrected chi connectivity index (χ0v) is 27.7. The van der Waals surface area contributed by atoms with Gasteiger partial charge >= 0.3 is 11.9 Å². The molecule has 244 valence electrons. The van der Waals surface area contributed by atoms with Crippen molar-refractivity contribution in [1.29, 1.82) is 0 Å². The molecule has 6 nitrogen and oxygen atoms in total. The summed E-state index contributed by atoms with van der Waals surface area (Å²) in [4.78, 5) is 25.1. The van der Waals surface area contributed by atoms with E-state index in [1.807, 2.05) is 36.4 Å². The van der Waals surface area contributed by atoms with Gasteiger partial charge in [0, 0.05) is 0 Å². The standard InChI is InChI=1S/C39H52O6/c1-5-7-9-10-11-12-13-14-28-42-35-22-20-34(21-23-35)39(41)45-37-26-18-33(19-27-37)32-16-24-36(25-17-32)44-38(40)31(4)43-29-30(3)15-8-6-2/h16-27,30-31H,5-15,28-29H2,1-4H3/t30-,31-/m0/s1. The summed E-state index contributed by atoms with van der Waals surface area (Å²) in [5.74, 6) is 1.27. The first kappa shape index (κ1) is 35.8. The Balaban J connectivity index is 1.40. The van der Waals surface area contributed by atoms with Crippen molar-refractivity contribution < 1.29 is 28.5 Å². The molecule has 0 fully saturated rings. The van der Waals surface area contributed by atoms with Crippen LogP contribution in [-0.2, 0) is 9.53 Å². The molecule has 0 aliphatic heterocycles. The summed E-state index contributed by atoms with van der Waals surface area (Å²) in [6.07, 6.45) is 12.9. The Labute approximate surface area is 270 Å². The largest absolute Gasteiger partial charge is 0.494 e. The summed E-state index contributed by atoms with van der Waals surface area (Å²) in [5, 5.41) is 0. The van der Waals surface area contributed by atoms with Crippen LogP contribution in [0.15, 0.2) is 72.8 Å². The lowest BCUT2D eigenvalue weighted by molar-refractivity contribution is -0.147. The van der Waals surface area contributed by atoms with E-state index in [0.29, 0.717) is 36.2 Å².